The maximum Gasteiger partial charge on any atom is 0.321 e. The minimum Gasteiger partial charge on any atom is -0.339 e. The second-order valence-corrected chi connectivity index (χ2v) is 7.33. The van der Waals surface area contributed by atoms with Crippen LogP contribution in [0.3, 0.4) is 0 Å². The summed E-state index contributed by atoms with van der Waals surface area (Å²) < 4.78 is 5.53. The number of aromatic nitrogens is 2. The van der Waals surface area contributed by atoms with Crippen LogP contribution in [-0.4, -0.2) is 34.2 Å². The van der Waals surface area contributed by atoms with Gasteiger partial charge in [-0.25, -0.2) is 4.79 Å². The van der Waals surface area contributed by atoms with Crippen molar-refractivity contribution in [1.29, 1.82) is 0 Å². The maximum absolute atomic E-state index is 12.5. The fourth-order valence-corrected chi connectivity index (χ4v) is 3.54. The quantitative estimate of drug-likeness (QED) is 0.715. The van der Waals surface area contributed by atoms with Gasteiger partial charge in [-0.15, -0.1) is 0 Å². The Kier molecular flexibility index (Phi) is 5.10. The van der Waals surface area contributed by atoms with Crippen LogP contribution in [0.1, 0.15) is 35.8 Å². The number of hydrogen-bond donors (Lipinski definition) is 1. The van der Waals surface area contributed by atoms with E-state index in [1.54, 1.807) is 0 Å². The van der Waals surface area contributed by atoms with Crippen molar-refractivity contribution in [3.8, 4) is 11.4 Å². The molecule has 6 heteroatoms. The summed E-state index contributed by atoms with van der Waals surface area (Å²) in [6, 6.07) is 15.8. The van der Waals surface area contributed by atoms with Gasteiger partial charge in [0.05, 0.1) is 0 Å². The van der Waals surface area contributed by atoms with Crippen LogP contribution in [0.2, 0.25) is 0 Å². The molecule has 1 aliphatic rings. The number of hydrogen-bond acceptors (Lipinski definition) is 4. The van der Waals surface area contributed by atoms with E-state index in [1.165, 1.54) is 0 Å². The zero-order valence-corrected chi connectivity index (χ0v) is 16.2. The molecule has 0 aliphatic carbocycles. The lowest BCUT2D eigenvalue weighted by Crippen LogP contribution is -2.40. The molecule has 2 aromatic carbocycles. The molecule has 2 amide bonds. The fraction of sp³-hybridized carbons (Fsp3) is 0.318. The Bertz CT molecular complexity index is 974. The number of carbonyl (C=O) groups excluding carboxylic acids is 1. The van der Waals surface area contributed by atoms with Crippen LogP contribution in [-0.2, 0) is 0 Å². The smallest absolute Gasteiger partial charge is 0.321 e. The lowest BCUT2D eigenvalue weighted by atomic mass is 9.97. The highest BCUT2D eigenvalue weighted by atomic mass is 16.5. The Balaban J connectivity index is 1.37. The van der Waals surface area contributed by atoms with Crippen molar-refractivity contribution < 1.29 is 9.32 Å². The number of piperidine rings is 1. The average molecular weight is 376 g/mol. The van der Waals surface area contributed by atoms with Gasteiger partial charge in [0, 0.05) is 30.3 Å². The van der Waals surface area contributed by atoms with E-state index in [0.29, 0.717) is 24.8 Å². The first-order valence-electron chi connectivity index (χ1n) is 9.62. The molecule has 1 aliphatic heterocycles. The monoisotopic (exact) mass is 376 g/mol. The molecule has 0 saturated carbocycles. The van der Waals surface area contributed by atoms with Gasteiger partial charge in [0.2, 0.25) is 11.7 Å². The largest absolute Gasteiger partial charge is 0.339 e. The van der Waals surface area contributed by atoms with E-state index in [9.17, 15) is 4.79 Å². The standard InChI is InChI=1S/C22H24N4O2/c1-15-6-5-8-18(14-15)20-24-21(28-25-20)17-10-12-26(13-11-17)22(27)23-19-9-4-3-7-16(19)2/h3-9,14,17H,10-13H2,1-2H3,(H,23,27). The first-order chi connectivity index (χ1) is 13.6. The van der Waals surface area contributed by atoms with Crippen LogP contribution in [0.15, 0.2) is 53.1 Å². The van der Waals surface area contributed by atoms with Crippen molar-refractivity contribution in [2.75, 3.05) is 18.4 Å². The van der Waals surface area contributed by atoms with Gasteiger partial charge < -0.3 is 14.7 Å². The van der Waals surface area contributed by atoms with Crippen LogP contribution in [0.4, 0.5) is 10.5 Å². The third-order valence-corrected chi connectivity index (χ3v) is 5.24. The minimum absolute atomic E-state index is 0.0567. The number of nitrogens with one attached hydrogen (secondary N) is 1. The number of benzene rings is 2. The number of rotatable bonds is 3. The molecule has 28 heavy (non-hydrogen) atoms. The first kappa shape index (κ1) is 18.2. The van der Waals surface area contributed by atoms with Crippen molar-refractivity contribution in [2.45, 2.75) is 32.6 Å². The molecule has 0 unspecified atom stereocenters. The zero-order chi connectivity index (χ0) is 19.5. The fourth-order valence-electron chi connectivity index (χ4n) is 3.54. The van der Waals surface area contributed by atoms with Crippen LogP contribution < -0.4 is 5.32 Å². The van der Waals surface area contributed by atoms with Gasteiger partial charge in [0.1, 0.15) is 0 Å². The lowest BCUT2D eigenvalue weighted by molar-refractivity contribution is 0.187. The number of aryl methyl sites for hydroxylation is 2. The second kappa shape index (κ2) is 7.84. The van der Waals surface area contributed by atoms with Crippen LogP contribution in [0.5, 0.6) is 0 Å². The third-order valence-electron chi connectivity index (χ3n) is 5.24. The number of nitrogens with zero attached hydrogens (tertiary/aromatic N) is 3. The van der Waals surface area contributed by atoms with Gasteiger partial charge >= 0.3 is 6.03 Å². The van der Waals surface area contributed by atoms with E-state index in [4.69, 9.17) is 4.52 Å². The molecule has 1 saturated heterocycles. The molecule has 2 heterocycles. The summed E-state index contributed by atoms with van der Waals surface area (Å²) in [6.07, 6.45) is 1.63. The molecule has 144 valence electrons. The summed E-state index contributed by atoms with van der Waals surface area (Å²) in [5, 5.41) is 7.14. The summed E-state index contributed by atoms with van der Waals surface area (Å²) in [5.74, 6) is 1.47. The van der Waals surface area contributed by atoms with Crippen molar-refractivity contribution in [1.82, 2.24) is 15.0 Å². The summed E-state index contributed by atoms with van der Waals surface area (Å²) in [6.45, 7) is 5.38. The molecule has 4 rings (SSSR count). The third kappa shape index (κ3) is 3.91. The molecular weight excluding hydrogens is 352 g/mol. The van der Waals surface area contributed by atoms with E-state index in [2.05, 4.69) is 15.5 Å². The summed E-state index contributed by atoms with van der Waals surface area (Å²) in [7, 11) is 0. The number of anilines is 1. The molecule has 0 radical (unpaired) electrons. The summed E-state index contributed by atoms with van der Waals surface area (Å²) in [4.78, 5) is 19.0. The van der Waals surface area contributed by atoms with Crippen molar-refractivity contribution >= 4 is 11.7 Å². The highest BCUT2D eigenvalue weighted by Crippen LogP contribution is 2.29. The van der Waals surface area contributed by atoms with E-state index in [-0.39, 0.29) is 11.9 Å². The van der Waals surface area contributed by atoms with Gasteiger partial charge in [-0.3, -0.25) is 0 Å². The summed E-state index contributed by atoms with van der Waals surface area (Å²) >= 11 is 0. The SMILES string of the molecule is Cc1cccc(-c2noc(C3CCN(C(=O)Nc4ccccc4C)CC3)n2)c1. The van der Waals surface area contributed by atoms with Crippen molar-refractivity contribution in [3.05, 3.63) is 65.5 Å². The molecule has 0 spiro atoms. The van der Waals surface area contributed by atoms with Crippen LogP contribution in [0, 0.1) is 13.8 Å². The highest BCUT2D eigenvalue weighted by Gasteiger charge is 2.27. The van der Waals surface area contributed by atoms with Crippen molar-refractivity contribution in [3.63, 3.8) is 0 Å². The van der Waals surface area contributed by atoms with Gasteiger partial charge in [0.15, 0.2) is 0 Å². The molecule has 3 aromatic rings. The zero-order valence-electron chi connectivity index (χ0n) is 16.2. The molecule has 1 aromatic heterocycles. The normalized spacial score (nSPS) is 14.9. The Morgan fingerprint density at radius 3 is 2.64 bits per heavy atom. The Hall–Kier alpha value is -3.15. The Morgan fingerprint density at radius 1 is 1.11 bits per heavy atom. The van der Waals surface area contributed by atoms with Gasteiger partial charge in [0.25, 0.3) is 0 Å². The van der Waals surface area contributed by atoms with Gasteiger partial charge in [-0.2, -0.15) is 4.98 Å². The number of para-hydroxylation sites is 1. The molecule has 0 bridgehead atoms. The number of likely N-dealkylation sites (tertiary alicyclic amines) is 1. The molecule has 1 fully saturated rings. The topological polar surface area (TPSA) is 71.3 Å². The van der Waals surface area contributed by atoms with E-state index in [0.717, 1.165) is 35.2 Å². The molecule has 1 N–H and O–H groups in total. The van der Waals surface area contributed by atoms with E-state index >= 15 is 0 Å². The highest BCUT2D eigenvalue weighted by molar-refractivity contribution is 5.90. The lowest BCUT2D eigenvalue weighted by Gasteiger charge is -2.30. The van der Waals surface area contributed by atoms with Crippen LogP contribution in [0.25, 0.3) is 11.4 Å². The second-order valence-electron chi connectivity index (χ2n) is 7.33. The predicted molar refractivity (Wildman–Crippen MR) is 108 cm³/mol. The maximum atomic E-state index is 12.5. The van der Waals surface area contributed by atoms with Gasteiger partial charge in [-0.1, -0.05) is 47.1 Å². The number of carbonyl (C=O) groups is 1. The Labute approximate surface area is 164 Å². The predicted octanol–water partition coefficient (Wildman–Crippen LogP) is 4.76. The summed E-state index contributed by atoms with van der Waals surface area (Å²) in [5.41, 5.74) is 4.04. The van der Waals surface area contributed by atoms with E-state index in [1.807, 2.05) is 67.3 Å². The number of amides is 2. The van der Waals surface area contributed by atoms with Crippen molar-refractivity contribution in [2.24, 2.45) is 0 Å². The van der Waals surface area contributed by atoms with Crippen LogP contribution >= 0.6 is 0 Å². The first-order valence-corrected chi connectivity index (χ1v) is 9.62. The Morgan fingerprint density at radius 2 is 1.89 bits per heavy atom. The number of urea groups is 1. The van der Waals surface area contributed by atoms with Gasteiger partial charge in [-0.05, 0) is 44.4 Å². The minimum atomic E-state index is -0.0567. The molecular formula is C22H24N4O2. The molecule has 6 nitrogen and oxygen atoms in total. The van der Waals surface area contributed by atoms with E-state index < -0.39 is 0 Å². The average Bonchev–Trinajstić information content (AvgIpc) is 3.20. The molecule has 0 atom stereocenters.